The minimum atomic E-state index is -4.76. The molecule has 3 aromatic rings. The van der Waals surface area contributed by atoms with Gasteiger partial charge in [-0.1, -0.05) is 29.8 Å². The van der Waals surface area contributed by atoms with Crippen LogP contribution in [0.3, 0.4) is 0 Å². The Balaban J connectivity index is 1.70. The summed E-state index contributed by atoms with van der Waals surface area (Å²) in [6, 6.07) is 5.21. The molecule has 0 radical (unpaired) electrons. The molecule has 0 spiro atoms. The van der Waals surface area contributed by atoms with Crippen molar-refractivity contribution in [1.82, 2.24) is 9.55 Å². The van der Waals surface area contributed by atoms with Crippen LogP contribution >= 0.6 is 22.9 Å². The molecule has 0 saturated heterocycles. The summed E-state index contributed by atoms with van der Waals surface area (Å²) in [6.07, 6.45) is -7.28. The van der Waals surface area contributed by atoms with E-state index in [2.05, 4.69) is 10.3 Å². The zero-order valence-corrected chi connectivity index (χ0v) is 17.3. The summed E-state index contributed by atoms with van der Waals surface area (Å²) in [5, 5.41) is 1.72. The van der Waals surface area contributed by atoms with Crippen LogP contribution in [0.1, 0.15) is 21.6 Å². The van der Waals surface area contributed by atoms with Gasteiger partial charge in [0.25, 0.3) is 5.56 Å². The normalized spacial score (nSPS) is 12.1. The lowest BCUT2D eigenvalue weighted by Crippen LogP contribution is -2.29. The van der Waals surface area contributed by atoms with Gasteiger partial charge in [-0.25, -0.2) is 4.98 Å². The van der Waals surface area contributed by atoms with E-state index in [9.17, 15) is 35.9 Å². The average molecular weight is 496 g/mol. The Morgan fingerprint density at radius 3 is 2.44 bits per heavy atom. The number of alkyl halides is 6. The molecule has 0 aliphatic carbocycles. The molecule has 0 fully saturated rings. The number of amides is 1. The fourth-order valence-electron chi connectivity index (χ4n) is 2.69. The van der Waals surface area contributed by atoms with E-state index in [4.69, 9.17) is 11.6 Å². The average Bonchev–Trinajstić information content (AvgIpc) is 3.10. The first kappa shape index (κ1) is 23.8. The Morgan fingerprint density at radius 2 is 1.78 bits per heavy atom. The maximum absolute atomic E-state index is 12.9. The van der Waals surface area contributed by atoms with Gasteiger partial charge >= 0.3 is 12.4 Å². The van der Waals surface area contributed by atoms with Gasteiger partial charge in [0.1, 0.15) is 11.6 Å². The number of benzene rings is 1. The van der Waals surface area contributed by atoms with Crippen LogP contribution in [0.5, 0.6) is 0 Å². The largest absolute Gasteiger partial charge is 0.417 e. The maximum atomic E-state index is 12.9. The lowest BCUT2D eigenvalue weighted by atomic mass is 10.1. The quantitative estimate of drug-likeness (QED) is 0.493. The van der Waals surface area contributed by atoms with Crippen LogP contribution < -0.4 is 10.9 Å². The Morgan fingerprint density at radius 1 is 1.09 bits per heavy atom. The highest BCUT2D eigenvalue weighted by atomic mass is 35.5. The van der Waals surface area contributed by atoms with E-state index >= 15 is 0 Å². The van der Waals surface area contributed by atoms with E-state index in [1.807, 2.05) is 0 Å². The summed E-state index contributed by atoms with van der Waals surface area (Å²) in [5.41, 5.74) is -2.57. The number of pyridine rings is 1. The maximum Gasteiger partial charge on any atom is 0.417 e. The molecule has 2 aromatic heterocycles. The molecule has 1 amide bonds. The van der Waals surface area contributed by atoms with E-state index in [-0.39, 0.29) is 11.6 Å². The van der Waals surface area contributed by atoms with Crippen LogP contribution in [0, 0.1) is 0 Å². The summed E-state index contributed by atoms with van der Waals surface area (Å²) >= 11 is 6.52. The predicted octanol–water partition coefficient (Wildman–Crippen LogP) is 5.23. The van der Waals surface area contributed by atoms with Crippen LogP contribution in [0.15, 0.2) is 47.5 Å². The molecule has 1 aromatic carbocycles. The summed E-state index contributed by atoms with van der Waals surface area (Å²) < 4.78 is 77.7. The number of nitrogens with one attached hydrogen (secondary N) is 1. The van der Waals surface area contributed by atoms with E-state index in [1.54, 1.807) is 0 Å². The van der Waals surface area contributed by atoms with Crippen molar-refractivity contribution in [3.05, 3.63) is 79.7 Å². The third-order valence-corrected chi connectivity index (χ3v) is 5.30. The summed E-state index contributed by atoms with van der Waals surface area (Å²) in [5.74, 6) is -0.831. The number of halogens is 7. The molecular weight excluding hydrogens is 484 g/mol. The summed E-state index contributed by atoms with van der Waals surface area (Å²) in [6.45, 7) is -0.745. The van der Waals surface area contributed by atoms with E-state index in [1.165, 1.54) is 18.3 Å². The van der Waals surface area contributed by atoms with Gasteiger partial charge in [0.2, 0.25) is 5.91 Å². The van der Waals surface area contributed by atoms with Gasteiger partial charge in [-0.3, -0.25) is 9.59 Å². The van der Waals surface area contributed by atoms with Crippen molar-refractivity contribution >= 4 is 34.0 Å². The number of carbonyl (C=O) groups excluding carboxylic acids is 1. The zero-order valence-electron chi connectivity index (χ0n) is 15.7. The Hall–Kier alpha value is -2.86. The molecule has 13 heteroatoms. The first-order valence-corrected chi connectivity index (χ1v) is 9.90. The number of carbonyl (C=O) groups is 1. The topological polar surface area (TPSA) is 64.0 Å². The minimum Gasteiger partial charge on any atom is -0.304 e. The van der Waals surface area contributed by atoms with Crippen molar-refractivity contribution in [3.63, 3.8) is 0 Å². The van der Waals surface area contributed by atoms with Gasteiger partial charge in [0.15, 0.2) is 5.13 Å². The van der Waals surface area contributed by atoms with Crippen LogP contribution in [-0.4, -0.2) is 15.5 Å². The molecule has 1 N–H and O–H groups in total. The summed E-state index contributed by atoms with van der Waals surface area (Å²) in [4.78, 5) is 28.6. The van der Waals surface area contributed by atoms with Crippen LogP contribution in [0.25, 0.3) is 0 Å². The number of nitrogens with zero attached hydrogens (tertiary/aromatic N) is 2. The highest BCUT2D eigenvalue weighted by Crippen LogP contribution is 2.31. The van der Waals surface area contributed by atoms with Gasteiger partial charge in [-0.2, -0.15) is 26.3 Å². The van der Waals surface area contributed by atoms with Gasteiger partial charge in [-0.05, 0) is 17.7 Å². The number of rotatable bonds is 5. The predicted molar refractivity (Wildman–Crippen MR) is 106 cm³/mol. The molecule has 0 aliphatic heterocycles. The molecule has 5 nitrogen and oxygen atoms in total. The third kappa shape index (κ3) is 5.88. The fourth-order valence-corrected chi connectivity index (χ4v) is 3.78. The van der Waals surface area contributed by atoms with Crippen molar-refractivity contribution in [2.75, 3.05) is 5.32 Å². The number of anilines is 1. The van der Waals surface area contributed by atoms with Crippen LogP contribution in [-0.2, 0) is 30.1 Å². The third-order valence-electron chi connectivity index (χ3n) is 4.12. The highest BCUT2D eigenvalue weighted by molar-refractivity contribution is 7.15. The number of hydrogen-bond acceptors (Lipinski definition) is 4. The molecule has 0 unspecified atom stereocenters. The second-order valence-electron chi connectivity index (χ2n) is 6.56. The molecule has 2 heterocycles. The Kier molecular flexibility index (Phi) is 6.65. The Bertz CT molecular complexity index is 1200. The number of aromatic nitrogens is 2. The molecular formula is C19H12ClF6N3O2S. The SMILES string of the molecule is O=C(Cn1cc(C(F)(F)F)cc(Cl)c1=O)Nc1ncc(Cc2cccc(C(F)(F)F)c2)s1. The second-order valence-corrected chi connectivity index (χ2v) is 8.08. The smallest absolute Gasteiger partial charge is 0.304 e. The van der Waals surface area contributed by atoms with Gasteiger partial charge in [0.05, 0.1) is 11.1 Å². The molecule has 32 heavy (non-hydrogen) atoms. The number of hydrogen-bond donors (Lipinski definition) is 1. The molecule has 0 aliphatic rings. The monoisotopic (exact) mass is 495 g/mol. The summed E-state index contributed by atoms with van der Waals surface area (Å²) in [7, 11) is 0. The zero-order chi connectivity index (χ0) is 23.7. The minimum absolute atomic E-state index is 0.0723. The van der Waals surface area contributed by atoms with Gasteiger partial charge in [0, 0.05) is 23.7 Å². The van der Waals surface area contributed by atoms with Crippen molar-refractivity contribution in [2.24, 2.45) is 0 Å². The van der Waals surface area contributed by atoms with E-state index < -0.39 is 46.5 Å². The second kappa shape index (κ2) is 8.94. The standard InChI is InChI=1S/C19H12ClF6N3O2S/c20-14-6-12(19(24,25)26)8-29(16(14)31)9-15(30)28-17-27-7-13(32-17)5-10-2-1-3-11(4-10)18(21,22)23/h1-4,6-8H,5,9H2,(H,27,28,30). The van der Waals surface area contributed by atoms with Crippen molar-refractivity contribution < 1.29 is 31.1 Å². The van der Waals surface area contributed by atoms with E-state index in [0.717, 1.165) is 23.5 Å². The Labute approximate surface area is 185 Å². The van der Waals surface area contributed by atoms with Crippen molar-refractivity contribution in [3.8, 4) is 0 Å². The first-order valence-electron chi connectivity index (χ1n) is 8.71. The molecule has 170 valence electrons. The van der Waals surface area contributed by atoms with Crippen LogP contribution in [0.2, 0.25) is 5.02 Å². The number of thiazole rings is 1. The van der Waals surface area contributed by atoms with Crippen molar-refractivity contribution in [1.29, 1.82) is 0 Å². The molecule has 0 saturated carbocycles. The molecule has 0 bridgehead atoms. The van der Waals surface area contributed by atoms with Crippen molar-refractivity contribution in [2.45, 2.75) is 25.3 Å². The first-order chi connectivity index (χ1) is 14.8. The fraction of sp³-hybridized carbons (Fsp3) is 0.211. The van der Waals surface area contributed by atoms with Gasteiger partial charge in [-0.15, -0.1) is 11.3 Å². The molecule has 0 atom stereocenters. The highest BCUT2D eigenvalue weighted by Gasteiger charge is 2.32. The lowest BCUT2D eigenvalue weighted by Gasteiger charge is -2.11. The van der Waals surface area contributed by atoms with E-state index in [0.29, 0.717) is 27.3 Å². The lowest BCUT2D eigenvalue weighted by molar-refractivity contribution is -0.138. The van der Waals surface area contributed by atoms with Gasteiger partial charge < -0.3 is 9.88 Å². The molecule has 3 rings (SSSR count). The van der Waals surface area contributed by atoms with Crippen LogP contribution in [0.4, 0.5) is 31.5 Å².